The van der Waals surface area contributed by atoms with Crippen molar-refractivity contribution in [3.05, 3.63) is 29.8 Å². The van der Waals surface area contributed by atoms with E-state index >= 15 is 0 Å². The zero-order chi connectivity index (χ0) is 15.9. The molecule has 0 saturated carbocycles. The van der Waals surface area contributed by atoms with Gasteiger partial charge in [-0.1, -0.05) is 19.1 Å². The topological polar surface area (TPSA) is 55.4 Å². The molecule has 1 aromatic rings. The molecule has 0 radical (unpaired) electrons. The van der Waals surface area contributed by atoms with Crippen LogP contribution >= 0.6 is 0 Å². The summed E-state index contributed by atoms with van der Waals surface area (Å²) in [6.07, 6.45) is 0.968. The fraction of sp³-hybridized carbons (Fsp3) is 0.625. The van der Waals surface area contributed by atoms with Crippen molar-refractivity contribution in [2.75, 3.05) is 18.9 Å². The molecule has 0 spiro atoms. The van der Waals surface area contributed by atoms with Gasteiger partial charge in [-0.3, -0.25) is 0 Å². The molecule has 0 saturated heterocycles. The van der Waals surface area contributed by atoms with E-state index in [9.17, 15) is 8.42 Å². The number of hydrogen-bond donors (Lipinski definition) is 1. The van der Waals surface area contributed by atoms with Gasteiger partial charge in [-0.2, -0.15) is 0 Å². The van der Waals surface area contributed by atoms with Crippen LogP contribution in [0.15, 0.2) is 24.3 Å². The van der Waals surface area contributed by atoms with Crippen molar-refractivity contribution in [3.63, 3.8) is 0 Å². The summed E-state index contributed by atoms with van der Waals surface area (Å²) in [6.45, 7) is 8.88. The fourth-order valence-corrected chi connectivity index (χ4v) is 3.14. The van der Waals surface area contributed by atoms with Crippen LogP contribution in [0, 0.1) is 0 Å². The molecule has 0 heterocycles. The SMILES string of the molecule is CCCNC(CS(=O)(=O)C(C)C)c1ccc(OCC)cc1. The third kappa shape index (κ3) is 5.67. The minimum atomic E-state index is -3.09. The van der Waals surface area contributed by atoms with E-state index in [1.807, 2.05) is 31.2 Å². The normalized spacial score (nSPS) is 13.4. The highest BCUT2D eigenvalue weighted by Crippen LogP contribution is 2.21. The Kier molecular flexibility index (Phi) is 7.18. The molecule has 1 N–H and O–H groups in total. The molecule has 0 bridgehead atoms. The minimum absolute atomic E-state index is 0.124. The Hall–Kier alpha value is -1.07. The Morgan fingerprint density at radius 3 is 2.24 bits per heavy atom. The highest BCUT2D eigenvalue weighted by molar-refractivity contribution is 7.92. The molecule has 0 amide bonds. The molecule has 1 atom stereocenters. The van der Waals surface area contributed by atoms with Crippen LogP contribution in [0.4, 0.5) is 0 Å². The summed E-state index contributed by atoms with van der Waals surface area (Å²) in [4.78, 5) is 0. The highest BCUT2D eigenvalue weighted by atomic mass is 32.2. The van der Waals surface area contributed by atoms with Gasteiger partial charge in [0.1, 0.15) is 5.75 Å². The molecule has 4 nitrogen and oxygen atoms in total. The lowest BCUT2D eigenvalue weighted by atomic mass is 10.1. The smallest absolute Gasteiger partial charge is 0.154 e. The fourth-order valence-electron chi connectivity index (χ4n) is 1.98. The van der Waals surface area contributed by atoms with Gasteiger partial charge in [0.25, 0.3) is 0 Å². The van der Waals surface area contributed by atoms with Gasteiger partial charge < -0.3 is 10.1 Å². The zero-order valence-electron chi connectivity index (χ0n) is 13.4. The Labute approximate surface area is 128 Å². The number of ether oxygens (including phenoxy) is 1. The first-order valence-electron chi connectivity index (χ1n) is 7.58. The van der Waals surface area contributed by atoms with E-state index < -0.39 is 9.84 Å². The van der Waals surface area contributed by atoms with Crippen molar-refractivity contribution in [2.45, 2.75) is 45.4 Å². The van der Waals surface area contributed by atoms with E-state index in [0.717, 1.165) is 24.3 Å². The second kappa shape index (κ2) is 8.39. The predicted octanol–water partition coefficient (Wildman–Crippen LogP) is 2.95. The molecule has 1 aromatic carbocycles. The van der Waals surface area contributed by atoms with Gasteiger partial charge in [0, 0.05) is 6.04 Å². The molecule has 0 aliphatic heterocycles. The molecule has 120 valence electrons. The van der Waals surface area contributed by atoms with Gasteiger partial charge in [0.15, 0.2) is 9.84 Å². The highest BCUT2D eigenvalue weighted by Gasteiger charge is 2.23. The maximum Gasteiger partial charge on any atom is 0.154 e. The number of nitrogens with one attached hydrogen (secondary N) is 1. The van der Waals surface area contributed by atoms with E-state index in [-0.39, 0.29) is 17.0 Å². The van der Waals surface area contributed by atoms with Crippen LogP contribution in [-0.4, -0.2) is 32.6 Å². The number of benzene rings is 1. The van der Waals surface area contributed by atoms with Gasteiger partial charge >= 0.3 is 0 Å². The van der Waals surface area contributed by atoms with E-state index in [1.165, 1.54) is 0 Å². The van der Waals surface area contributed by atoms with Gasteiger partial charge in [-0.25, -0.2) is 8.42 Å². The average Bonchev–Trinajstić information content (AvgIpc) is 2.44. The molecular formula is C16H27NO3S. The third-order valence-electron chi connectivity index (χ3n) is 3.35. The van der Waals surface area contributed by atoms with Crippen molar-refractivity contribution in [1.29, 1.82) is 0 Å². The van der Waals surface area contributed by atoms with Crippen LogP contribution in [0.2, 0.25) is 0 Å². The summed E-state index contributed by atoms with van der Waals surface area (Å²) in [7, 11) is -3.09. The molecule has 1 unspecified atom stereocenters. The van der Waals surface area contributed by atoms with Crippen molar-refractivity contribution >= 4 is 9.84 Å². The first-order valence-corrected chi connectivity index (χ1v) is 9.30. The quantitative estimate of drug-likeness (QED) is 0.761. The lowest BCUT2D eigenvalue weighted by Crippen LogP contribution is -2.31. The molecule has 5 heteroatoms. The summed E-state index contributed by atoms with van der Waals surface area (Å²) in [5.41, 5.74) is 0.983. The Morgan fingerprint density at radius 2 is 1.76 bits per heavy atom. The van der Waals surface area contributed by atoms with Gasteiger partial charge in [0.05, 0.1) is 17.6 Å². The minimum Gasteiger partial charge on any atom is -0.494 e. The van der Waals surface area contributed by atoms with Gasteiger partial charge in [-0.15, -0.1) is 0 Å². The van der Waals surface area contributed by atoms with Crippen molar-refractivity contribution in [3.8, 4) is 5.75 Å². The van der Waals surface area contributed by atoms with E-state index in [0.29, 0.717) is 6.61 Å². The first kappa shape index (κ1) is 18.0. The van der Waals surface area contributed by atoms with E-state index in [4.69, 9.17) is 4.74 Å². The number of rotatable bonds is 9. The predicted molar refractivity (Wildman–Crippen MR) is 87.6 cm³/mol. The molecular weight excluding hydrogens is 286 g/mol. The third-order valence-corrected chi connectivity index (χ3v) is 5.59. The standard InChI is InChI=1S/C16H27NO3S/c1-5-11-17-16(12-21(18,19)13(3)4)14-7-9-15(10-8-14)20-6-2/h7-10,13,16-17H,5-6,11-12H2,1-4H3. The summed E-state index contributed by atoms with van der Waals surface area (Å²) in [6, 6.07) is 7.48. The van der Waals surface area contributed by atoms with Crippen LogP contribution in [-0.2, 0) is 9.84 Å². The molecule has 0 fully saturated rings. The lowest BCUT2D eigenvalue weighted by Gasteiger charge is -2.20. The summed E-state index contributed by atoms with van der Waals surface area (Å²) >= 11 is 0. The summed E-state index contributed by atoms with van der Waals surface area (Å²) in [5, 5.41) is 2.97. The van der Waals surface area contributed by atoms with Gasteiger partial charge in [-0.05, 0) is 51.4 Å². The Morgan fingerprint density at radius 1 is 1.14 bits per heavy atom. The van der Waals surface area contributed by atoms with Crippen LogP contribution in [0.5, 0.6) is 5.75 Å². The number of hydrogen-bond acceptors (Lipinski definition) is 4. The molecule has 21 heavy (non-hydrogen) atoms. The monoisotopic (exact) mass is 313 g/mol. The average molecular weight is 313 g/mol. The molecule has 0 aliphatic rings. The van der Waals surface area contributed by atoms with Crippen molar-refractivity contribution in [2.24, 2.45) is 0 Å². The van der Waals surface area contributed by atoms with Crippen molar-refractivity contribution in [1.82, 2.24) is 5.32 Å². The zero-order valence-corrected chi connectivity index (χ0v) is 14.2. The molecule has 0 aliphatic carbocycles. The lowest BCUT2D eigenvalue weighted by molar-refractivity contribution is 0.340. The molecule has 1 rings (SSSR count). The Bertz CT molecular complexity index is 509. The van der Waals surface area contributed by atoms with Crippen LogP contribution in [0.25, 0.3) is 0 Å². The maximum atomic E-state index is 12.2. The van der Waals surface area contributed by atoms with Crippen molar-refractivity contribution < 1.29 is 13.2 Å². The van der Waals surface area contributed by atoms with Crippen LogP contribution < -0.4 is 10.1 Å². The summed E-state index contributed by atoms with van der Waals surface area (Å²) in [5.74, 6) is 0.931. The number of sulfone groups is 1. The Balaban J connectivity index is 2.91. The second-order valence-corrected chi connectivity index (χ2v) is 7.99. The van der Waals surface area contributed by atoms with E-state index in [2.05, 4.69) is 12.2 Å². The first-order chi connectivity index (χ1) is 9.90. The van der Waals surface area contributed by atoms with E-state index in [1.54, 1.807) is 13.8 Å². The van der Waals surface area contributed by atoms with Crippen LogP contribution in [0.1, 0.15) is 45.7 Å². The second-order valence-electron chi connectivity index (χ2n) is 5.39. The van der Waals surface area contributed by atoms with Crippen LogP contribution in [0.3, 0.4) is 0 Å². The maximum absolute atomic E-state index is 12.2. The van der Waals surface area contributed by atoms with Gasteiger partial charge in [0.2, 0.25) is 0 Å². The molecule has 0 aromatic heterocycles. The largest absolute Gasteiger partial charge is 0.494 e. The summed E-state index contributed by atoms with van der Waals surface area (Å²) < 4.78 is 29.8.